The summed E-state index contributed by atoms with van der Waals surface area (Å²) >= 11 is 1.63. The van der Waals surface area contributed by atoms with Crippen LogP contribution in [-0.4, -0.2) is 61.9 Å². The van der Waals surface area contributed by atoms with Crippen LogP contribution in [0.15, 0.2) is 30.5 Å². The molecule has 4 fully saturated rings. The monoisotopic (exact) mass is 384 g/mol. The van der Waals surface area contributed by atoms with Gasteiger partial charge in [-0.15, -0.1) is 11.3 Å². The number of fused-ring (bicyclic) bond motifs is 2. The minimum atomic E-state index is -0.319. The first-order chi connectivity index (χ1) is 13.1. The molecule has 1 atom stereocenters. The second-order valence-electron chi connectivity index (χ2n) is 7.98. The van der Waals surface area contributed by atoms with E-state index in [1.54, 1.807) is 11.3 Å². The van der Waals surface area contributed by atoms with E-state index in [1.165, 1.54) is 0 Å². The lowest BCUT2D eigenvalue weighted by atomic mass is 9.75. The molecule has 6 nitrogen and oxygen atoms in total. The average molecular weight is 385 g/mol. The molecule has 0 aliphatic carbocycles. The predicted octanol–water partition coefficient (Wildman–Crippen LogP) is 3.30. The summed E-state index contributed by atoms with van der Waals surface area (Å²) in [5, 5.41) is 0.955. The van der Waals surface area contributed by atoms with Gasteiger partial charge in [-0.25, -0.2) is 9.78 Å². The van der Waals surface area contributed by atoms with Crippen molar-refractivity contribution in [2.45, 2.75) is 18.4 Å². The summed E-state index contributed by atoms with van der Waals surface area (Å²) in [6, 6.07) is 8.15. The number of aromatic nitrogens is 1. The Morgan fingerprint density at radius 2 is 2.04 bits per heavy atom. The quantitative estimate of drug-likeness (QED) is 0.813. The summed E-state index contributed by atoms with van der Waals surface area (Å²) in [5.41, 5.74) is 0.768. The molecule has 7 heteroatoms. The lowest BCUT2D eigenvalue weighted by Gasteiger charge is -2.49. The maximum atomic E-state index is 12.7. The largest absolute Gasteiger partial charge is 0.439 e. The van der Waals surface area contributed by atoms with Gasteiger partial charge in [0.25, 0.3) is 0 Å². The first kappa shape index (κ1) is 17.0. The minimum absolute atomic E-state index is 0.198. The number of amides is 1. The molecule has 2 aromatic heterocycles. The van der Waals surface area contributed by atoms with Gasteiger partial charge in [0.15, 0.2) is 0 Å². The van der Waals surface area contributed by atoms with Crippen LogP contribution in [0.4, 0.5) is 15.6 Å². The van der Waals surface area contributed by atoms with Crippen LogP contribution in [0.3, 0.4) is 0 Å². The van der Waals surface area contributed by atoms with Gasteiger partial charge in [-0.2, -0.15) is 0 Å². The fourth-order valence-corrected chi connectivity index (χ4v) is 5.76. The van der Waals surface area contributed by atoms with Crippen molar-refractivity contribution < 1.29 is 9.53 Å². The first-order valence-electron chi connectivity index (χ1n) is 9.51. The van der Waals surface area contributed by atoms with Crippen molar-refractivity contribution in [1.82, 2.24) is 9.88 Å². The van der Waals surface area contributed by atoms with Crippen LogP contribution in [0.25, 0.3) is 10.4 Å². The third kappa shape index (κ3) is 2.72. The number of hydrogen-bond donors (Lipinski definition) is 0. The van der Waals surface area contributed by atoms with Crippen LogP contribution < -0.4 is 9.80 Å². The van der Waals surface area contributed by atoms with E-state index in [0.717, 1.165) is 53.7 Å². The number of pyridine rings is 1. The Bertz CT molecular complexity index is 874. The second-order valence-corrected chi connectivity index (χ2v) is 9.04. The fraction of sp³-hybridized carbons (Fsp3) is 0.500. The van der Waals surface area contributed by atoms with Crippen molar-refractivity contribution in [3.05, 3.63) is 30.5 Å². The Kier molecular flexibility index (Phi) is 3.91. The fourth-order valence-electron chi connectivity index (χ4n) is 4.74. The van der Waals surface area contributed by atoms with Crippen LogP contribution in [-0.2, 0) is 4.74 Å². The molecule has 0 N–H and O–H groups in total. The molecule has 2 bridgehead atoms. The van der Waals surface area contributed by atoms with Crippen molar-refractivity contribution in [2.75, 3.05) is 50.1 Å². The molecule has 6 rings (SSSR count). The lowest BCUT2D eigenvalue weighted by Crippen LogP contribution is -2.61. The maximum Gasteiger partial charge on any atom is 0.415 e. The Morgan fingerprint density at radius 1 is 1.22 bits per heavy atom. The molecule has 6 heterocycles. The van der Waals surface area contributed by atoms with Gasteiger partial charge >= 0.3 is 6.09 Å². The zero-order valence-corrected chi connectivity index (χ0v) is 16.5. The van der Waals surface area contributed by atoms with Crippen LogP contribution in [0, 0.1) is 5.92 Å². The highest BCUT2D eigenvalue weighted by Crippen LogP contribution is 2.45. The third-order valence-electron chi connectivity index (χ3n) is 6.09. The lowest BCUT2D eigenvalue weighted by molar-refractivity contribution is -0.0881. The van der Waals surface area contributed by atoms with Gasteiger partial charge in [-0.3, -0.25) is 9.80 Å². The highest BCUT2D eigenvalue weighted by Gasteiger charge is 2.55. The molecule has 2 aromatic rings. The van der Waals surface area contributed by atoms with Crippen molar-refractivity contribution in [3.63, 3.8) is 0 Å². The van der Waals surface area contributed by atoms with Gasteiger partial charge < -0.3 is 9.64 Å². The summed E-state index contributed by atoms with van der Waals surface area (Å²) in [5.74, 6) is 1.43. The predicted molar refractivity (Wildman–Crippen MR) is 108 cm³/mol. The number of thiophene rings is 1. The number of nitrogens with zero attached hydrogens (tertiary/aromatic N) is 4. The van der Waals surface area contributed by atoms with Crippen LogP contribution >= 0.6 is 11.3 Å². The Hall–Kier alpha value is -2.12. The summed E-state index contributed by atoms with van der Waals surface area (Å²) in [6.45, 7) is 3.83. The zero-order valence-electron chi connectivity index (χ0n) is 15.7. The van der Waals surface area contributed by atoms with Gasteiger partial charge in [0.2, 0.25) is 0 Å². The molecule has 0 aromatic carbocycles. The third-order valence-corrected chi connectivity index (χ3v) is 7.23. The molecule has 4 aliphatic heterocycles. The van der Waals surface area contributed by atoms with Gasteiger partial charge in [0.05, 0.1) is 6.54 Å². The molecule has 1 spiro atoms. The van der Waals surface area contributed by atoms with Crippen molar-refractivity contribution >= 4 is 28.2 Å². The molecule has 0 radical (unpaired) electrons. The van der Waals surface area contributed by atoms with E-state index in [-0.39, 0.29) is 11.7 Å². The van der Waals surface area contributed by atoms with Gasteiger partial charge in [0.1, 0.15) is 16.4 Å². The number of rotatable bonds is 3. The standard InChI is InChI=1S/C20H24N4O2S/c1-22(2)18-15(4-3-9-21-18)16-5-6-17(27-16)24-13-20(26-19(24)25)12-23-10-7-14(20)8-11-23/h3-6,9,14H,7-8,10-13H2,1-2H3. The van der Waals surface area contributed by atoms with E-state index >= 15 is 0 Å². The second kappa shape index (κ2) is 6.21. The molecule has 4 aliphatic rings. The SMILES string of the molecule is CN(C)c1ncccc1-c1ccc(N2CC3(CN4CCC3CC4)OC2=O)s1. The highest BCUT2D eigenvalue weighted by molar-refractivity contribution is 7.19. The highest BCUT2D eigenvalue weighted by atomic mass is 32.1. The Balaban J connectivity index is 1.43. The van der Waals surface area contributed by atoms with E-state index in [9.17, 15) is 4.79 Å². The van der Waals surface area contributed by atoms with Crippen LogP contribution in [0.1, 0.15) is 12.8 Å². The van der Waals surface area contributed by atoms with Crippen LogP contribution in [0.2, 0.25) is 0 Å². The van der Waals surface area contributed by atoms with Crippen molar-refractivity contribution in [3.8, 4) is 10.4 Å². The number of carbonyl (C=O) groups is 1. The zero-order chi connectivity index (χ0) is 18.6. The van der Waals surface area contributed by atoms with Crippen LogP contribution in [0.5, 0.6) is 0 Å². The number of hydrogen-bond acceptors (Lipinski definition) is 6. The molecule has 1 amide bonds. The van der Waals surface area contributed by atoms with Gasteiger partial charge in [-0.1, -0.05) is 0 Å². The first-order valence-corrected chi connectivity index (χ1v) is 10.3. The van der Waals surface area contributed by atoms with E-state index in [2.05, 4.69) is 22.0 Å². The average Bonchev–Trinajstić information content (AvgIpc) is 3.27. The number of anilines is 2. The number of piperidine rings is 3. The normalized spacial score (nSPS) is 29.4. The van der Waals surface area contributed by atoms with Gasteiger partial charge in [-0.05, 0) is 50.2 Å². The molecule has 1 unspecified atom stereocenters. The Morgan fingerprint density at radius 3 is 2.74 bits per heavy atom. The molecule has 27 heavy (non-hydrogen) atoms. The van der Waals surface area contributed by atoms with E-state index < -0.39 is 0 Å². The number of ether oxygens (including phenoxy) is 1. The van der Waals surface area contributed by atoms with E-state index in [1.807, 2.05) is 42.2 Å². The molecular formula is C20H24N4O2S. The Labute approximate surface area is 163 Å². The molecular weight excluding hydrogens is 360 g/mol. The molecule has 0 saturated carbocycles. The van der Waals surface area contributed by atoms with Gasteiger partial charge in [0, 0.05) is 43.2 Å². The van der Waals surface area contributed by atoms with Crippen molar-refractivity contribution in [2.24, 2.45) is 5.92 Å². The summed E-state index contributed by atoms with van der Waals surface area (Å²) in [7, 11) is 3.99. The summed E-state index contributed by atoms with van der Waals surface area (Å²) < 4.78 is 6.00. The van der Waals surface area contributed by atoms with E-state index in [4.69, 9.17) is 4.74 Å². The maximum absolute atomic E-state index is 12.7. The van der Waals surface area contributed by atoms with Crippen molar-refractivity contribution in [1.29, 1.82) is 0 Å². The molecule has 142 valence electrons. The molecule has 4 saturated heterocycles. The summed E-state index contributed by atoms with van der Waals surface area (Å²) in [6.07, 6.45) is 3.89. The minimum Gasteiger partial charge on any atom is -0.439 e. The summed E-state index contributed by atoms with van der Waals surface area (Å²) in [4.78, 5) is 24.6. The smallest absolute Gasteiger partial charge is 0.415 e. The number of carbonyl (C=O) groups excluding carboxylic acids is 1. The van der Waals surface area contributed by atoms with E-state index in [0.29, 0.717) is 12.5 Å². The topological polar surface area (TPSA) is 48.9 Å².